The van der Waals surface area contributed by atoms with Crippen LogP contribution in [0.1, 0.15) is 6.92 Å². The highest BCUT2D eigenvalue weighted by Gasteiger charge is 2.43. The lowest BCUT2D eigenvalue weighted by Gasteiger charge is -1.89. The fraction of sp³-hybridized carbons (Fsp3) is 1.00. The molecule has 0 nitrogen and oxygen atoms in total. The molecule has 0 aromatic rings. The van der Waals surface area contributed by atoms with Gasteiger partial charge in [0.25, 0.3) is 0 Å². The summed E-state index contributed by atoms with van der Waals surface area (Å²) in [6, 6.07) is 0. The zero-order chi connectivity index (χ0) is 3.44. The van der Waals surface area contributed by atoms with Crippen molar-refractivity contribution >= 4 is 18.9 Å². The van der Waals surface area contributed by atoms with Gasteiger partial charge in [0.15, 0.2) is 0 Å². The second kappa shape index (κ2) is 0.562. The molecule has 5 heavy (non-hydrogen) atoms. The Hall–Kier alpha value is 0.700. The Morgan fingerprint density at radius 2 is 2.00 bits per heavy atom. The van der Waals surface area contributed by atoms with Crippen molar-refractivity contribution in [3.05, 3.63) is 0 Å². The van der Waals surface area contributed by atoms with Crippen LogP contribution in [0.4, 0.5) is 0 Å². The maximum absolute atomic E-state index is 2.37. The van der Waals surface area contributed by atoms with Gasteiger partial charge in [0.05, 0.1) is 0 Å². The maximum atomic E-state index is 2.37. The molecule has 2 unspecified atom stereocenters. The predicted molar refractivity (Wildman–Crippen MR) is 29.1 cm³/mol. The molecule has 2 atom stereocenters. The summed E-state index contributed by atoms with van der Waals surface area (Å²) in [6.45, 7) is 2.37. The summed E-state index contributed by atoms with van der Waals surface area (Å²) in [5.74, 6) is 0. The summed E-state index contributed by atoms with van der Waals surface area (Å²) in [7, 11) is 2.08. The number of hydrogen-bond acceptors (Lipinski definition) is 0. The van der Waals surface area contributed by atoms with Gasteiger partial charge in [0.2, 0.25) is 0 Å². The van der Waals surface area contributed by atoms with E-state index in [-0.39, 0.29) is 0 Å². The Balaban J connectivity index is 2.32. The van der Waals surface area contributed by atoms with Crippen LogP contribution in [0.25, 0.3) is 0 Å². The third kappa shape index (κ3) is 0.212. The third-order valence-corrected chi connectivity index (χ3v) is 8.33. The monoisotopic (exact) mass is 106 g/mol. The largest absolute Gasteiger partial charge is 0.137 e. The quantitative estimate of drug-likeness (QED) is 0.421. The molecule has 0 spiro atoms. The van der Waals surface area contributed by atoms with Gasteiger partial charge < -0.3 is 0 Å². The van der Waals surface area contributed by atoms with E-state index in [4.69, 9.17) is 0 Å². The van der Waals surface area contributed by atoms with Crippen LogP contribution >= 0.6 is 0 Å². The average molecular weight is 106 g/mol. The molecule has 0 bridgehead atoms. The molecule has 0 saturated heterocycles. The van der Waals surface area contributed by atoms with Gasteiger partial charge in [-0.15, -0.1) is 18.9 Å². The van der Waals surface area contributed by atoms with Crippen molar-refractivity contribution in [3.63, 3.8) is 0 Å². The minimum absolute atomic E-state index is 1.04. The van der Waals surface area contributed by atoms with Crippen molar-refractivity contribution in [1.82, 2.24) is 0 Å². The van der Waals surface area contributed by atoms with E-state index in [1.807, 2.05) is 0 Å². The summed E-state index contributed by atoms with van der Waals surface area (Å²) >= 11 is 0. The minimum Gasteiger partial charge on any atom is -0.137 e. The molecular formula is C3H6S2. The van der Waals surface area contributed by atoms with E-state index in [0.717, 1.165) is 18.9 Å². The molecule has 0 radical (unpaired) electrons. The standard InChI is InChI=1S/C3H6S2/c1-3-4-2-5(3)4/h3H,2H2,1H3. The second-order valence-corrected chi connectivity index (χ2v) is 8.19. The maximum Gasteiger partial charge on any atom is 0.0490 e. The summed E-state index contributed by atoms with van der Waals surface area (Å²) in [5.41, 5.74) is 0. The molecule has 2 heteroatoms. The first-order chi connectivity index (χ1) is 2.39. The van der Waals surface area contributed by atoms with Crippen molar-refractivity contribution in [2.45, 2.75) is 11.5 Å². The van der Waals surface area contributed by atoms with E-state index >= 15 is 0 Å². The Morgan fingerprint density at radius 3 is 2.00 bits per heavy atom. The van der Waals surface area contributed by atoms with Crippen LogP contribution < -0.4 is 0 Å². The molecule has 2 aliphatic heterocycles. The number of hydrogen-bond donors (Lipinski definition) is 0. The summed E-state index contributed by atoms with van der Waals surface area (Å²) < 4.78 is 1.20. The Labute approximate surface area is 36.1 Å². The normalized spacial score (nSPS) is 70.2. The second-order valence-electron chi connectivity index (χ2n) is 1.45. The highest BCUT2D eigenvalue weighted by atomic mass is 33.0. The third-order valence-electron chi connectivity index (χ3n) is 1.15. The van der Waals surface area contributed by atoms with Crippen molar-refractivity contribution in [2.75, 3.05) is 5.08 Å². The van der Waals surface area contributed by atoms with E-state index in [1.54, 1.807) is 5.08 Å². The lowest BCUT2D eigenvalue weighted by molar-refractivity contribution is 1.42. The van der Waals surface area contributed by atoms with Crippen LogP contribution in [-0.4, -0.2) is 9.67 Å². The molecule has 0 aromatic heterocycles. The predicted octanol–water partition coefficient (Wildman–Crippen LogP) is 0.469. The molecule has 0 fully saturated rings. The van der Waals surface area contributed by atoms with E-state index in [0.29, 0.717) is 0 Å². The van der Waals surface area contributed by atoms with E-state index in [2.05, 4.69) is 6.92 Å². The molecule has 0 N–H and O–H groups in total. The average Bonchev–Trinajstić information content (AvgIpc) is 2.11. The topological polar surface area (TPSA) is 0 Å². The molecule has 0 amide bonds. The Bertz CT molecular complexity index is 102. The van der Waals surface area contributed by atoms with Gasteiger partial charge in [-0.3, -0.25) is 0 Å². The van der Waals surface area contributed by atoms with Gasteiger partial charge in [0, 0.05) is 9.67 Å². The smallest absolute Gasteiger partial charge is 0.0490 e. The van der Waals surface area contributed by atoms with Crippen molar-refractivity contribution in [3.8, 4) is 0 Å². The van der Waals surface area contributed by atoms with Gasteiger partial charge in [-0.05, 0) is 6.92 Å². The molecule has 0 aliphatic carbocycles. The van der Waals surface area contributed by atoms with Crippen LogP contribution in [0.2, 0.25) is 0 Å². The fourth-order valence-corrected chi connectivity index (χ4v) is 6.56. The van der Waals surface area contributed by atoms with Gasteiger partial charge in [-0.25, -0.2) is 0 Å². The van der Waals surface area contributed by atoms with Crippen LogP contribution in [0.15, 0.2) is 0 Å². The highest BCUT2D eigenvalue weighted by molar-refractivity contribution is 8.75. The number of rotatable bonds is 0. The van der Waals surface area contributed by atoms with Crippen LogP contribution in [0.5, 0.6) is 0 Å². The molecule has 2 aliphatic rings. The van der Waals surface area contributed by atoms with Crippen LogP contribution in [-0.2, 0) is 18.9 Å². The van der Waals surface area contributed by atoms with E-state index in [9.17, 15) is 0 Å². The first kappa shape index (κ1) is 2.80. The van der Waals surface area contributed by atoms with Crippen molar-refractivity contribution in [1.29, 1.82) is 0 Å². The van der Waals surface area contributed by atoms with Crippen molar-refractivity contribution in [2.24, 2.45) is 0 Å². The van der Waals surface area contributed by atoms with Gasteiger partial charge in [0.1, 0.15) is 0 Å². The van der Waals surface area contributed by atoms with Crippen molar-refractivity contribution < 1.29 is 0 Å². The summed E-state index contributed by atoms with van der Waals surface area (Å²) in [6.07, 6.45) is 0. The summed E-state index contributed by atoms with van der Waals surface area (Å²) in [4.78, 5) is 0. The lowest BCUT2D eigenvalue weighted by atomic mass is 11.0. The molecule has 2 rings (SSSR count). The minimum atomic E-state index is 1.04. The Morgan fingerprint density at radius 1 is 1.60 bits per heavy atom. The SMILES string of the molecule is CC1S2=S1C2. The van der Waals surface area contributed by atoms with Gasteiger partial charge in [-0.1, -0.05) is 0 Å². The molecule has 2 heterocycles. The molecular weight excluding hydrogens is 100 g/mol. The lowest BCUT2D eigenvalue weighted by Crippen LogP contribution is -1.97. The first-order valence-electron chi connectivity index (χ1n) is 1.79. The molecule has 0 saturated carbocycles. The Kier molecular flexibility index (Phi) is 0.315. The summed E-state index contributed by atoms with van der Waals surface area (Å²) in [5, 5.41) is 1.63. The van der Waals surface area contributed by atoms with E-state index < -0.39 is 0 Å². The zero-order valence-corrected chi connectivity index (χ0v) is 4.73. The fourth-order valence-electron chi connectivity index (χ4n) is 0.507. The molecule has 30 valence electrons. The van der Waals surface area contributed by atoms with Crippen LogP contribution in [0, 0.1) is 0 Å². The molecule has 0 aromatic carbocycles. The van der Waals surface area contributed by atoms with Gasteiger partial charge >= 0.3 is 0 Å². The highest BCUT2D eigenvalue weighted by Crippen LogP contribution is 2.40. The van der Waals surface area contributed by atoms with Gasteiger partial charge in [-0.2, -0.15) is 0 Å². The zero-order valence-electron chi connectivity index (χ0n) is 3.10. The first-order valence-corrected chi connectivity index (χ1v) is 5.22. The van der Waals surface area contributed by atoms with Crippen LogP contribution in [0.3, 0.4) is 0 Å². The van der Waals surface area contributed by atoms with E-state index in [1.165, 1.54) is 4.58 Å².